The van der Waals surface area contributed by atoms with Crippen LogP contribution in [0.15, 0.2) is 27.7 Å². The molecule has 5 atom stereocenters. The van der Waals surface area contributed by atoms with Gasteiger partial charge in [0.25, 0.3) is 5.56 Å². The Bertz CT molecular complexity index is 1840. The van der Waals surface area contributed by atoms with Gasteiger partial charge in [-0.25, -0.2) is 9.78 Å². The molecule has 5 amide bonds. The van der Waals surface area contributed by atoms with Crippen molar-refractivity contribution in [1.82, 2.24) is 35.7 Å². The maximum absolute atomic E-state index is 13.2. The van der Waals surface area contributed by atoms with Gasteiger partial charge in [-0.05, 0) is 66.6 Å². The van der Waals surface area contributed by atoms with Crippen molar-refractivity contribution in [1.29, 1.82) is 0 Å². The first-order valence-electron chi connectivity index (χ1n) is 20.8. The summed E-state index contributed by atoms with van der Waals surface area (Å²) in [6.07, 6.45) is 5.75. The van der Waals surface area contributed by atoms with Gasteiger partial charge in [0, 0.05) is 74.0 Å². The first-order chi connectivity index (χ1) is 29.0. The normalized spacial score (nSPS) is 21.1. The van der Waals surface area contributed by atoms with Crippen LogP contribution in [0.1, 0.15) is 70.6 Å². The molecule has 0 aliphatic carbocycles. The molecule has 20 heteroatoms. The van der Waals surface area contributed by atoms with E-state index >= 15 is 0 Å². The van der Waals surface area contributed by atoms with Crippen LogP contribution < -0.4 is 26.8 Å². The summed E-state index contributed by atoms with van der Waals surface area (Å²) in [7, 11) is 0. The molecule has 332 valence electrons. The molecule has 60 heavy (non-hydrogen) atoms. The lowest BCUT2D eigenvalue weighted by molar-refractivity contribution is -0.142. The van der Waals surface area contributed by atoms with Gasteiger partial charge in [0.15, 0.2) is 5.78 Å². The molecule has 0 saturated carbocycles. The number of urea groups is 1. The fraction of sp³-hybridized carbons (Fsp3) is 0.675. The fourth-order valence-corrected chi connectivity index (χ4v) is 9.55. The number of thioether (sulfide) groups is 1. The Hall–Kier alpha value is -3.33. The van der Waals surface area contributed by atoms with E-state index < -0.39 is 17.7 Å². The number of aliphatic hydroxyl groups excluding tert-OH is 1. The van der Waals surface area contributed by atoms with E-state index in [0.717, 1.165) is 25.0 Å². The van der Waals surface area contributed by atoms with E-state index in [1.165, 1.54) is 21.9 Å². The molecule has 0 unspecified atom stereocenters. The number of ketones is 1. The Morgan fingerprint density at radius 3 is 2.32 bits per heavy atom. The number of unbranched alkanes of at least 4 members (excludes halogenated alkanes) is 1. The molecular weight excluding hydrogens is 886 g/mol. The van der Waals surface area contributed by atoms with E-state index in [2.05, 4.69) is 42.2 Å². The Kier molecular flexibility index (Phi) is 19.8. The van der Waals surface area contributed by atoms with Crippen molar-refractivity contribution >= 4 is 79.7 Å². The van der Waals surface area contributed by atoms with Gasteiger partial charge in [-0.2, -0.15) is 11.8 Å². The summed E-state index contributed by atoms with van der Waals surface area (Å²) in [6, 6.07) is 2.72. The maximum Gasteiger partial charge on any atom is 0.315 e. The summed E-state index contributed by atoms with van der Waals surface area (Å²) in [5.41, 5.74) is 0.00893. The number of aliphatic hydroxyl groups is 1. The van der Waals surface area contributed by atoms with E-state index in [1.54, 1.807) is 6.07 Å². The molecule has 2 aromatic rings. The second-order valence-corrected chi connectivity index (χ2v) is 17.7. The van der Waals surface area contributed by atoms with Crippen molar-refractivity contribution < 1.29 is 43.3 Å². The first-order valence-corrected chi connectivity index (χ1v) is 23.0. The zero-order chi connectivity index (χ0) is 42.9. The highest BCUT2D eigenvalue weighted by Crippen LogP contribution is 2.33. The average Bonchev–Trinajstić information content (AvgIpc) is 3.78. The average molecular weight is 943 g/mol. The Labute approximate surface area is 367 Å². The molecule has 3 saturated heterocycles. The number of amides is 5. The minimum Gasteiger partial charge on any atom is -0.391 e. The third-order valence-electron chi connectivity index (χ3n) is 10.7. The van der Waals surface area contributed by atoms with Crippen molar-refractivity contribution in [2.45, 2.75) is 107 Å². The standard InChI is InChI=1S/C40H57BrClN7O10S/c41-28-22-30-27(21-29(28)42)39(55)48(25-45-30)23-26(50)20-32-33(51)6-3-13-49(32)37(54)10-9-36(53)44-12-5-15-58-17-19-59-18-16-57-14-4-11-43-35(52)8-2-1-7-34-38-31(24-60-34)46-40(56)47-38/h21-22,25,31-34,38,51H,1-20,23-24H2,(H,43,52)(H,44,53)(H2,46,47,56)/t31-,32-,33+,34-,38-/m0/s1. The number of Topliss-reactive ketones (excluding diaryl/α,β-unsaturated/α-hetero) is 1. The van der Waals surface area contributed by atoms with Crippen LogP contribution in [-0.4, -0.2) is 144 Å². The topological polar surface area (TPSA) is 220 Å². The fourth-order valence-electron chi connectivity index (χ4n) is 7.51. The highest BCUT2D eigenvalue weighted by atomic mass is 79.9. The van der Waals surface area contributed by atoms with Crippen LogP contribution in [0.3, 0.4) is 0 Å². The molecule has 3 fully saturated rings. The lowest BCUT2D eigenvalue weighted by atomic mass is 9.94. The quantitative estimate of drug-likeness (QED) is 0.0680. The number of halogens is 2. The van der Waals surface area contributed by atoms with E-state index in [9.17, 15) is 33.9 Å². The van der Waals surface area contributed by atoms with Crippen LogP contribution in [0.25, 0.3) is 10.9 Å². The van der Waals surface area contributed by atoms with Gasteiger partial charge < -0.3 is 45.5 Å². The molecule has 1 aromatic heterocycles. The Balaban J connectivity index is 0.823. The van der Waals surface area contributed by atoms with E-state index in [1.807, 2.05) is 11.8 Å². The second-order valence-electron chi connectivity index (χ2n) is 15.2. The number of ether oxygens (including phenoxy) is 3. The van der Waals surface area contributed by atoms with E-state index in [-0.39, 0.29) is 72.8 Å². The SMILES string of the molecule is O=C(C[C@H]1[C@H](O)CCCN1C(=O)CCC(=O)NCCCOCCOCCOCCCNC(=O)CCCC[C@@H]1SC[C@@H]2NC(=O)N[C@@H]21)Cn1cnc2cc(Br)c(Cl)cc2c1=O. The number of nitrogens with one attached hydrogen (secondary N) is 4. The number of rotatable bonds is 26. The molecule has 5 N–H and O–H groups in total. The predicted molar refractivity (Wildman–Crippen MR) is 230 cm³/mol. The minimum absolute atomic E-state index is 0.0301. The zero-order valence-electron chi connectivity index (χ0n) is 33.8. The summed E-state index contributed by atoms with van der Waals surface area (Å²) in [5.74, 6) is 0.0531. The summed E-state index contributed by atoms with van der Waals surface area (Å²) >= 11 is 11.4. The first kappa shape index (κ1) is 47.7. The number of hydrogen-bond acceptors (Lipinski definition) is 12. The lowest BCUT2D eigenvalue weighted by Crippen LogP contribution is -2.52. The molecule has 1 aromatic carbocycles. The predicted octanol–water partition coefficient (Wildman–Crippen LogP) is 2.69. The molecule has 0 spiro atoms. The zero-order valence-corrected chi connectivity index (χ0v) is 37.0. The van der Waals surface area contributed by atoms with Crippen LogP contribution in [0.4, 0.5) is 4.79 Å². The van der Waals surface area contributed by atoms with Gasteiger partial charge in [-0.3, -0.25) is 28.5 Å². The monoisotopic (exact) mass is 941 g/mol. The Morgan fingerprint density at radius 2 is 1.60 bits per heavy atom. The highest BCUT2D eigenvalue weighted by Gasteiger charge is 2.42. The number of carbonyl (C=O) groups is 5. The van der Waals surface area contributed by atoms with Crippen molar-refractivity contribution in [2.24, 2.45) is 0 Å². The van der Waals surface area contributed by atoms with Crippen LogP contribution in [0.5, 0.6) is 0 Å². The largest absolute Gasteiger partial charge is 0.391 e. The second kappa shape index (κ2) is 24.9. The van der Waals surface area contributed by atoms with Gasteiger partial charge in [0.05, 0.1) is 79.5 Å². The molecule has 17 nitrogen and oxygen atoms in total. The van der Waals surface area contributed by atoms with E-state index in [4.69, 9.17) is 25.8 Å². The van der Waals surface area contributed by atoms with Crippen LogP contribution in [-0.2, 0) is 39.9 Å². The molecule has 5 rings (SSSR count). The molecule has 3 aliphatic rings. The van der Waals surface area contributed by atoms with Gasteiger partial charge in [-0.15, -0.1) is 0 Å². The van der Waals surface area contributed by atoms with Gasteiger partial charge >= 0.3 is 6.03 Å². The number of likely N-dealkylation sites (tertiary alicyclic amines) is 1. The third kappa shape index (κ3) is 14.9. The van der Waals surface area contributed by atoms with Crippen LogP contribution in [0, 0.1) is 0 Å². The summed E-state index contributed by atoms with van der Waals surface area (Å²) in [4.78, 5) is 81.1. The number of benzene rings is 1. The number of fused-ring (bicyclic) bond motifs is 2. The number of piperidine rings is 1. The van der Waals surface area contributed by atoms with Gasteiger partial charge in [0.1, 0.15) is 0 Å². The summed E-state index contributed by atoms with van der Waals surface area (Å²) < 4.78 is 18.5. The maximum atomic E-state index is 13.2. The van der Waals surface area contributed by atoms with E-state index in [0.29, 0.717) is 112 Å². The number of nitrogens with zero attached hydrogens (tertiary/aromatic N) is 3. The molecule has 0 radical (unpaired) electrons. The van der Waals surface area contributed by atoms with Crippen LogP contribution in [0.2, 0.25) is 5.02 Å². The molecule has 0 bridgehead atoms. The minimum atomic E-state index is -0.904. The van der Waals surface area contributed by atoms with Crippen molar-refractivity contribution in [3.8, 4) is 0 Å². The third-order valence-corrected chi connectivity index (χ3v) is 13.4. The highest BCUT2D eigenvalue weighted by molar-refractivity contribution is 9.10. The molecule has 3 aliphatic heterocycles. The Morgan fingerprint density at radius 1 is 0.917 bits per heavy atom. The van der Waals surface area contributed by atoms with Crippen molar-refractivity contribution in [2.75, 3.05) is 65.0 Å². The summed E-state index contributed by atoms with van der Waals surface area (Å²) in [5, 5.41) is 23.4. The van der Waals surface area contributed by atoms with Crippen molar-refractivity contribution in [3.63, 3.8) is 0 Å². The van der Waals surface area contributed by atoms with Gasteiger partial charge in [-0.1, -0.05) is 18.0 Å². The smallest absolute Gasteiger partial charge is 0.315 e. The summed E-state index contributed by atoms with van der Waals surface area (Å²) in [6.45, 7) is 3.67. The lowest BCUT2D eigenvalue weighted by Gasteiger charge is -2.39. The number of carbonyl (C=O) groups excluding carboxylic acids is 5. The van der Waals surface area contributed by atoms with Gasteiger partial charge in [0.2, 0.25) is 17.7 Å². The van der Waals surface area contributed by atoms with Crippen LogP contribution >= 0.6 is 39.3 Å². The van der Waals surface area contributed by atoms with Crippen molar-refractivity contribution in [3.05, 3.63) is 38.3 Å². The number of hydrogen-bond donors (Lipinski definition) is 5. The molecular formula is C40H57BrClN7O10S. The number of aromatic nitrogens is 2. The molecule has 4 heterocycles.